The molecule has 1 aliphatic heterocycles. The van der Waals surface area contributed by atoms with Crippen LogP contribution in [0.15, 0.2) is 18.5 Å². The summed E-state index contributed by atoms with van der Waals surface area (Å²) in [5, 5.41) is 1.83. The highest BCUT2D eigenvalue weighted by molar-refractivity contribution is 9.09. The maximum absolute atomic E-state index is 6.13. The SMILES string of the molecule is Clc1cnccc1CN1CCCCC1CBr. The zero-order valence-electron chi connectivity index (χ0n) is 9.20. The Labute approximate surface area is 110 Å². The Kier molecular flexibility index (Phi) is 4.62. The predicted octanol–water partition coefficient (Wildman–Crippen LogP) is 3.48. The van der Waals surface area contributed by atoms with Crippen LogP contribution < -0.4 is 0 Å². The second-order valence-corrected chi connectivity index (χ2v) is 5.30. The second kappa shape index (κ2) is 5.99. The van der Waals surface area contributed by atoms with Gasteiger partial charge in [0.2, 0.25) is 0 Å². The highest BCUT2D eigenvalue weighted by Gasteiger charge is 2.21. The Bertz CT molecular complexity index is 346. The van der Waals surface area contributed by atoms with Gasteiger partial charge >= 0.3 is 0 Å². The maximum atomic E-state index is 6.13. The second-order valence-electron chi connectivity index (χ2n) is 4.24. The average Bonchev–Trinajstić information content (AvgIpc) is 2.33. The molecule has 0 radical (unpaired) electrons. The van der Waals surface area contributed by atoms with Crippen LogP contribution in [0.4, 0.5) is 0 Å². The lowest BCUT2D eigenvalue weighted by molar-refractivity contribution is 0.156. The summed E-state index contributed by atoms with van der Waals surface area (Å²) in [6.07, 6.45) is 7.47. The number of hydrogen-bond acceptors (Lipinski definition) is 2. The quantitative estimate of drug-likeness (QED) is 0.795. The summed E-state index contributed by atoms with van der Waals surface area (Å²) >= 11 is 9.73. The monoisotopic (exact) mass is 302 g/mol. The van der Waals surface area contributed by atoms with Crippen LogP contribution in [0.1, 0.15) is 24.8 Å². The van der Waals surface area contributed by atoms with E-state index >= 15 is 0 Å². The topological polar surface area (TPSA) is 16.1 Å². The molecule has 2 nitrogen and oxygen atoms in total. The number of aromatic nitrogens is 1. The van der Waals surface area contributed by atoms with Crippen molar-refractivity contribution in [2.45, 2.75) is 31.8 Å². The van der Waals surface area contributed by atoms with Gasteiger partial charge in [0.05, 0.1) is 5.02 Å². The van der Waals surface area contributed by atoms with Crippen molar-refractivity contribution in [3.8, 4) is 0 Å². The van der Waals surface area contributed by atoms with Crippen LogP contribution in [0.25, 0.3) is 0 Å². The zero-order valence-corrected chi connectivity index (χ0v) is 11.5. The Hall–Kier alpha value is -0.120. The average molecular weight is 304 g/mol. The molecule has 1 aromatic heterocycles. The molecular formula is C12H16BrClN2. The van der Waals surface area contributed by atoms with E-state index in [2.05, 4.69) is 25.8 Å². The third-order valence-electron chi connectivity index (χ3n) is 3.16. The third kappa shape index (κ3) is 2.96. The van der Waals surface area contributed by atoms with Crippen LogP contribution in [0.5, 0.6) is 0 Å². The van der Waals surface area contributed by atoms with Gasteiger partial charge in [0.25, 0.3) is 0 Å². The van der Waals surface area contributed by atoms with Crippen LogP contribution in [0, 0.1) is 0 Å². The molecule has 2 rings (SSSR count). The van der Waals surface area contributed by atoms with E-state index in [1.165, 1.54) is 31.4 Å². The largest absolute Gasteiger partial charge is 0.295 e. The van der Waals surface area contributed by atoms with Gasteiger partial charge in [-0.05, 0) is 31.0 Å². The summed E-state index contributed by atoms with van der Waals surface area (Å²) in [4.78, 5) is 6.53. The lowest BCUT2D eigenvalue weighted by Gasteiger charge is -2.34. The van der Waals surface area contributed by atoms with Crippen molar-refractivity contribution < 1.29 is 0 Å². The number of halogens is 2. The summed E-state index contributed by atoms with van der Waals surface area (Å²) < 4.78 is 0. The molecule has 1 aliphatic rings. The van der Waals surface area contributed by atoms with E-state index in [1.54, 1.807) is 6.20 Å². The Balaban J connectivity index is 2.05. The number of rotatable bonds is 3. The first kappa shape index (κ1) is 12.3. The summed E-state index contributed by atoms with van der Waals surface area (Å²) in [5.74, 6) is 0. The third-order valence-corrected chi connectivity index (χ3v) is 4.24. The fourth-order valence-electron chi connectivity index (χ4n) is 2.19. The first-order valence-corrected chi connectivity index (χ1v) is 7.19. The van der Waals surface area contributed by atoms with E-state index in [1.807, 2.05) is 12.3 Å². The van der Waals surface area contributed by atoms with E-state index in [0.717, 1.165) is 16.9 Å². The first-order chi connectivity index (χ1) is 7.81. The predicted molar refractivity (Wildman–Crippen MR) is 71.1 cm³/mol. The van der Waals surface area contributed by atoms with Crippen LogP contribution in [-0.2, 0) is 6.54 Å². The van der Waals surface area contributed by atoms with Gasteiger partial charge in [-0.1, -0.05) is 34.0 Å². The van der Waals surface area contributed by atoms with Crippen molar-refractivity contribution in [1.29, 1.82) is 0 Å². The smallest absolute Gasteiger partial charge is 0.0634 e. The molecule has 0 aromatic carbocycles. The molecule has 0 amide bonds. The normalized spacial score (nSPS) is 22.2. The van der Waals surface area contributed by atoms with E-state index in [-0.39, 0.29) is 0 Å². The molecule has 1 aromatic rings. The number of piperidine rings is 1. The van der Waals surface area contributed by atoms with Crippen molar-refractivity contribution in [2.75, 3.05) is 11.9 Å². The van der Waals surface area contributed by atoms with E-state index in [9.17, 15) is 0 Å². The maximum Gasteiger partial charge on any atom is 0.0634 e. The van der Waals surface area contributed by atoms with Crippen molar-refractivity contribution in [1.82, 2.24) is 9.88 Å². The lowest BCUT2D eigenvalue weighted by atomic mass is 10.0. The molecular weight excluding hydrogens is 288 g/mol. The van der Waals surface area contributed by atoms with E-state index in [4.69, 9.17) is 11.6 Å². The Morgan fingerprint density at radius 1 is 1.50 bits per heavy atom. The van der Waals surface area contributed by atoms with E-state index < -0.39 is 0 Å². The molecule has 0 spiro atoms. The molecule has 2 heterocycles. The van der Waals surface area contributed by atoms with Crippen LogP contribution in [-0.4, -0.2) is 27.8 Å². The molecule has 16 heavy (non-hydrogen) atoms. The standard InChI is InChI=1S/C12H16BrClN2/c13-7-11-3-1-2-6-16(11)9-10-4-5-15-8-12(10)14/h4-5,8,11H,1-3,6-7,9H2. The van der Waals surface area contributed by atoms with Gasteiger partial charge in [-0.25, -0.2) is 0 Å². The van der Waals surface area contributed by atoms with Crippen molar-refractivity contribution >= 4 is 27.5 Å². The fraction of sp³-hybridized carbons (Fsp3) is 0.583. The number of nitrogens with zero attached hydrogens (tertiary/aromatic N) is 2. The Morgan fingerprint density at radius 3 is 3.12 bits per heavy atom. The van der Waals surface area contributed by atoms with Gasteiger partial charge in [-0.2, -0.15) is 0 Å². The van der Waals surface area contributed by atoms with Crippen LogP contribution in [0.3, 0.4) is 0 Å². The molecule has 88 valence electrons. The molecule has 0 saturated carbocycles. The fourth-order valence-corrected chi connectivity index (χ4v) is 3.11. The number of likely N-dealkylation sites (tertiary alicyclic amines) is 1. The summed E-state index contributed by atoms with van der Waals surface area (Å²) in [5.41, 5.74) is 1.18. The van der Waals surface area contributed by atoms with Crippen molar-refractivity contribution in [3.63, 3.8) is 0 Å². The van der Waals surface area contributed by atoms with Gasteiger partial charge in [0.15, 0.2) is 0 Å². The molecule has 0 bridgehead atoms. The molecule has 1 saturated heterocycles. The van der Waals surface area contributed by atoms with Crippen molar-refractivity contribution in [2.24, 2.45) is 0 Å². The first-order valence-electron chi connectivity index (χ1n) is 5.69. The lowest BCUT2D eigenvalue weighted by Crippen LogP contribution is -2.39. The highest BCUT2D eigenvalue weighted by atomic mass is 79.9. The molecule has 1 fully saturated rings. The minimum Gasteiger partial charge on any atom is -0.295 e. The Morgan fingerprint density at radius 2 is 2.38 bits per heavy atom. The molecule has 1 unspecified atom stereocenters. The molecule has 0 aliphatic carbocycles. The van der Waals surface area contributed by atoms with Gasteiger partial charge < -0.3 is 0 Å². The van der Waals surface area contributed by atoms with Gasteiger partial charge in [0, 0.05) is 30.3 Å². The van der Waals surface area contributed by atoms with Gasteiger partial charge in [0.1, 0.15) is 0 Å². The minimum absolute atomic E-state index is 0.651. The van der Waals surface area contributed by atoms with Gasteiger partial charge in [-0.15, -0.1) is 0 Å². The molecule has 4 heteroatoms. The number of hydrogen-bond donors (Lipinski definition) is 0. The molecule has 1 atom stereocenters. The molecule has 0 N–H and O–H groups in total. The van der Waals surface area contributed by atoms with Crippen molar-refractivity contribution in [3.05, 3.63) is 29.0 Å². The van der Waals surface area contributed by atoms with Crippen LogP contribution >= 0.6 is 27.5 Å². The number of pyridine rings is 1. The van der Waals surface area contributed by atoms with Crippen LogP contribution in [0.2, 0.25) is 5.02 Å². The summed E-state index contributed by atoms with van der Waals surface area (Å²) in [6, 6.07) is 2.67. The summed E-state index contributed by atoms with van der Waals surface area (Å²) in [6.45, 7) is 2.12. The summed E-state index contributed by atoms with van der Waals surface area (Å²) in [7, 11) is 0. The minimum atomic E-state index is 0.651. The van der Waals surface area contributed by atoms with E-state index in [0.29, 0.717) is 6.04 Å². The number of alkyl halides is 1. The zero-order chi connectivity index (χ0) is 11.4. The van der Waals surface area contributed by atoms with Gasteiger partial charge in [-0.3, -0.25) is 9.88 Å². The highest BCUT2D eigenvalue weighted by Crippen LogP contribution is 2.23.